The summed E-state index contributed by atoms with van der Waals surface area (Å²) in [6.07, 6.45) is 2.65. The Morgan fingerprint density at radius 2 is 2.14 bits per heavy atom. The molecule has 2 N–H and O–H groups in total. The Bertz CT molecular complexity index is 604. The van der Waals surface area contributed by atoms with Crippen LogP contribution in [0.1, 0.15) is 25.8 Å². The van der Waals surface area contributed by atoms with Crippen molar-refractivity contribution in [1.29, 1.82) is 5.26 Å². The Morgan fingerprint density at radius 3 is 2.73 bits per heavy atom. The summed E-state index contributed by atoms with van der Waals surface area (Å²) in [5.74, 6) is -1.38. The van der Waals surface area contributed by atoms with Crippen molar-refractivity contribution in [3.8, 4) is 11.8 Å². The summed E-state index contributed by atoms with van der Waals surface area (Å²) in [5.41, 5.74) is 0.311. The van der Waals surface area contributed by atoms with Gasteiger partial charge in [-0.15, -0.1) is 0 Å². The van der Waals surface area contributed by atoms with Gasteiger partial charge in [0.05, 0.1) is 5.56 Å². The van der Waals surface area contributed by atoms with Crippen molar-refractivity contribution in [2.24, 2.45) is 0 Å². The van der Waals surface area contributed by atoms with Gasteiger partial charge in [0.2, 0.25) is 0 Å². The van der Waals surface area contributed by atoms with Crippen LogP contribution >= 0.6 is 0 Å². The van der Waals surface area contributed by atoms with E-state index in [9.17, 15) is 9.59 Å². The highest BCUT2D eigenvalue weighted by Gasteiger charge is 2.23. The summed E-state index contributed by atoms with van der Waals surface area (Å²) < 4.78 is 5.44. The topological polar surface area (TPSA) is 99.4 Å². The molecule has 0 aliphatic carbocycles. The van der Waals surface area contributed by atoms with Gasteiger partial charge in [0.1, 0.15) is 17.9 Å². The van der Waals surface area contributed by atoms with Gasteiger partial charge >= 0.3 is 5.97 Å². The lowest BCUT2D eigenvalue weighted by molar-refractivity contribution is -0.142. The zero-order valence-corrected chi connectivity index (χ0v) is 12.4. The predicted octanol–water partition coefficient (Wildman–Crippen LogP) is 1.86. The fourth-order valence-corrected chi connectivity index (χ4v) is 1.69. The highest BCUT2D eigenvalue weighted by Crippen LogP contribution is 2.18. The Hall–Kier alpha value is -2.81. The SMILES string of the molecule is C/C=C/CC(NC(=O)C(C)Oc1ccccc1C#N)C(=O)O. The minimum atomic E-state index is -1.11. The number of nitriles is 1. The fourth-order valence-electron chi connectivity index (χ4n) is 1.69. The van der Waals surface area contributed by atoms with Crippen LogP contribution in [0.4, 0.5) is 0 Å². The van der Waals surface area contributed by atoms with Crippen molar-refractivity contribution < 1.29 is 19.4 Å². The van der Waals surface area contributed by atoms with Gasteiger partial charge in [-0.1, -0.05) is 24.3 Å². The summed E-state index contributed by atoms with van der Waals surface area (Å²) in [4.78, 5) is 23.1. The van der Waals surface area contributed by atoms with Crippen molar-refractivity contribution >= 4 is 11.9 Å². The van der Waals surface area contributed by atoms with Crippen molar-refractivity contribution in [2.45, 2.75) is 32.4 Å². The number of carboxylic acid groups (broad SMARTS) is 1. The number of nitrogens with zero attached hydrogens (tertiary/aromatic N) is 1. The number of hydrogen-bond acceptors (Lipinski definition) is 4. The van der Waals surface area contributed by atoms with Gasteiger partial charge in [-0.25, -0.2) is 4.79 Å². The lowest BCUT2D eigenvalue weighted by Gasteiger charge is -2.18. The van der Waals surface area contributed by atoms with Crippen LogP contribution in [0.15, 0.2) is 36.4 Å². The number of carbonyl (C=O) groups is 2. The van der Waals surface area contributed by atoms with E-state index in [2.05, 4.69) is 5.32 Å². The number of benzene rings is 1. The smallest absolute Gasteiger partial charge is 0.326 e. The zero-order valence-electron chi connectivity index (χ0n) is 12.4. The van der Waals surface area contributed by atoms with Crippen molar-refractivity contribution in [3.63, 3.8) is 0 Å². The molecule has 1 rings (SSSR count). The molecule has 0 spiro atoms. The molecule has 1 aromatic rings. The second kappa shape index (κ2) is 8.47. The van der Waals surface area contributed by atoms with Crippen molar-refractivity contribution in [2.75, 3.05) is 0 Å². The molecule has 0 saturated carbocycles. The van der Waals surface area contributed by atoms with Gasteiger partial charge in [-0.3, -0.25) is 4.79 Å². The van der Waals surface area contributed by atoms with Crippen LogP contribution < -0.4 is 10.1 Å². The molecule has 2 unspecified atom stereocenters. The molecular weight excluding hydrogens is 284 g/mol. The van der Waals surface area contributed by atoms with E-state index in [1.54, 1.807) is 43.3 Å². The average molecular weight is 302 g/mol. The summed E-state index contributed by atoms with van der Waals surface area (Å²) >= 11 is 0. The van der Waals surface area contributed by atoms with Gasteiger partial charge in [-0.05, 0) is 32.4 Å². The van der Waals surface area contributed by atoms with E-state index in [-0.39, 0.29) is 12.2 Å². The molecule has 22 heavy (non-hydrogen) atoms. The molecule has 0 fully saturated rings. The fraction of sp³-hybridized carbons (Fsp3) is 0.312. The average Bonchev–Trinajstić information content (AvgIpc) is 2.51. The summed E-state index contributed by atoms with van der Waals surface area (Å²) in [6, 6.07) is 7.49. The Labute approximate surface area is 129 Å². The van der Waals surface area contributed by atoms with Crippen LogP contribution in [0.2, 0.25) is 0 Å². The summed E-state index contributed by atoms with van der Waals surface area (Å²) in [7, 11) is 0. The number of allylic oxidation sites excluding steroid dienone is 1. The first kappa shape index (κ1) is 17.2. The van der Waals surface area contributed by atoms with Crippen LogP contribution in [-0.2, 0) is 9.59 Å². The molecule has 6 nitrogen and oxygen atoms in total. The number of nitrogens with one attached hydrogen (secondary N) is 1. The summed E-state index contributed by atoms with van der Waals surface area (Å²) in [5, 5.41) is 20.5. The molecule has 1 amide bonds. The van der Waals surface area contributed by atoms with Crippen LogP contribution in [0, 0.1) is 11.3 Å². The van der Waals surface area contributed by atoms with Gasteiger partial charge in [0.15, 0.2) is 6.10 Å². The first-order valence-electron chi connectivity index (χ1n) is 6.79. The molecule has 0 heterocycles. The normalized spacial score (nSPS) is 13.1. The molecule has 6 heteroatoms. The van der Waals surface area contributed by atoms with Crippen molar-refractivity contribution in [1.82, 2.24) is 5.32 Å². The van der Waals surface area contributed by atoms with E-state index in [1.807, 2.05) is 6.07 Å². The number of para-hydroxylation sites is 1. The van der Waals surface area contributed by atoms with E-state index >= 15 is 0 Å². The number of carbonyl (C=O) groups excluding carboxylic acids is 1. The molecule has 0 radical (unpaired) electrons. The highest BCUT2D eigenvalue weighted by molar-refractivity contribution is 5.86. The van der Waals surface area contributed by atoms with Crippen LogP contribution in [0.5, 0.6) is 5.75 Å². The van der Waals surface area contributed by atoms with Crippen molar-refractivity contribution in [3.05, 3.63) is 42.0 Å². The van der Waals surface area contributed by atoms with E-state index in [0.29, 0.717) is 5.56 Å². The number of ether oxygens (including phenoxy) is 1. The maximum absolute atomic E-state index is 12.0. The van der Waals surface area contributed by atoms with Crippen LogP contribution in [-0.4, -0.2) is 29.1 Å². The third kappa shape index (κ3) is 4.94. The number of rotatable bonds is 7. The molecule has 0 aromatic heterocycles. The molecule has 1 aromatic carbocycles. The lowest BCUT2D eigenvalue weighted by Crippen LogP contribution is -2.46. The maximum atomic E-state index is 12.0. The molecular formula is C16H18N2O4. The first-order valence-corrected chi connectivity index (χ1v) is 6.79. The highest BCUT2D eigenvalue weighted by atomic mass is 16.5. The minimum Gasteiger partial charge on any atom is -0.480 e. The van der Waals surface area contributed by atoms with E-state index in [0.717, 1.165) is 0 Å². The standard InChI is InChI=1S/C16H18N2O4/c1-3-4-8-13(16(20)21)18-15(19)11(2)22-14-9-6-5-7-12(14)10-17/h3-7,9,11,13H,8H2,1-2H3,(H,18,19)(H,20,21)/b4-3+. The summed E-state index contributed by atoms with van der Waals surface area (Å²) in [6.45, 7) is 3.27. The third-order valence-electron chi connectivity index (χ3n) is 2.90. The molecule has 0 saturated heterocycles. The molecule has 0 bridgehead atoms. The molecule has 0 aliphatic rings. The number of amides is 1. The molecule has 2 atom stereocenters. The number of aliphatic carboxylic acids is 1. The third-order valence-corrected chi connectivity index (χ3v) is 2.90. The van der Waals surface area contributed by atoms with E-state index in [1.165, 1.54) is 6.92 Å². The second-order valence-corrected chi connectivity index (χ2v) is 4.57. The monoisotopic (exact) mass is 302 g/mol. The van der Waals surface area contributed by atoms with E-state index in [4.69, 9.17) is 15.1 Å². The number of hydrogen-bond donors (Lipinski definition) is 2. The lowest BCUT2D eigenvalue weighted by atomic mass is 10.2. The van der Waals surface area contributed by atoms with Crippen LogP contribution in [0.3, 0.4) is 0 Å². The largest absolute Gasteiger partial charge is 0.480 e. The first-order chi connectivity index (χ1) is 10.5. The van der Waals surface area contributed by atoms with Gasteiger partial charge in [0.25, 0.3) is 5.91 Å². The number of carboxylic acids is 1. The maximum Gasteiger partial charge on any atom is 0.326 e. The van der Waals surface area contributed by atoms with Gasteiger partial charge in [0, 0.05) is 0 Å². The Kier molecular flexibility index (Phi) is 6.64. The van der Waals surface area contributed by atoms with Gasteiger partial charge in [-0.2, -0.15) is 5.26 Å². The zero-order chi connectivity index (χ0) is 16.5. The predicted molar refractivity (Wildman–Crippen MR) is 80.2 cm³/mol. The van der Waals surface area contributed by atoms with E-state index < -0.39 is 24.0 Å². The Morgan fingerprint density at radius 1 is 1.45 bits per heavy atom. The van der Waals surface area contributed by atoms with Gasteiger partial charge < -0.3 is 15.2 Å². The Balaban J connectivity index is 2.72. The quantitative estimate of drug-likeness (QED) is 0.749. The minimum absolute atomic E-state index is 0.194. The van der Waals surface area contributed by atoms with Crippen LogP contribution in [0.25, 0.3) is 0 Å². The molecule has 116 valence electrons. The second-order valence-electron chi connectivity index (χ2n) is 4.57. The molecule has 0 aliphatic heterocycles.